The van der Waals surface area contributed by atoms with Gasteiger partial charge in [0.15, 0.2) is 0 Å². The van der Waals surface area contributed by atoms with Crippen LogP contribution in [0.25, 0.3) is 0 Å². The average molecular weight is 326 g/mol. The minimum Gasteiger partial charge on any atom is -0.396 e. The standard InChI is InChI=1S/C16H24ClN3O2/c1-12-4-5-15(14(17)9-12)19-16(22)18-6-8-20-7-2-3-13(10-20)11-21/h4-5,9,13,21H,2-3,6-8,10-11H2,1H3,(H2,18,19,22). The number of rotatable bonds is 5. The van der Waals surface area contributed by atoms with Crippen LogP contribution in [0.4, 0.5) is 10.5 Å². The van der Waals surface area contributed by atoms with E-state index in [0.717, 1.165) is 38.0 Å². The van der Waals surface area contributed by atoms with E-state index < -0.39 is 0 Å². The van der Waals surface area contributed by atoms with E-state index in [-0.39, 0.29) is 12.6 Å². The lowest BCUT2D eigenvalue weighted by Crippen LogP contribution is -2.42. The number of hydrogen-bond donors (Lipinski definition) is 3. The highest BCUT2D eigenvalue weighted by Crippen LogP contribution is 2.22. The van der Waals surface area contributed by atoms with Crippen LogP contribution in [0.1, 0.15) is 18.4 Å². The number of carbonyl (C=O) groups is 1. The molecule has 1 fully saturated rings. The molecule has 0 radical (unpaired) electrons. The molecule has 1 atom stereocenters. The normalized spacial score (nSPS) is 19.0. The fourth-order valence-corrected chi connectivity index (χ4v) is 3.00. The largest absolute Gasteiger partial charge is 0.396 e. The first-order chi connectivity index (χ1) is 10.6. The van der Waals surface area contributed by atoms with Crippen molar-refractivity contribution in [2.24, 2.45) is 5.92 Å². The van der Waals surface area contributed by atoms with Crippen LogP contribution in [0.2, 0.25) is 5.02 Å². The number of aliphatic hydroxyl groups excluding tert-OH is 1. The van der Waals surface area contributed by atoms with Gasteiger partial charge in [0.2, 0.25) is 0 Å². The molecule has 1 aliphatic rings. The van der Waals surface area contributed by atoms with Gasteiger partial charge >= 0.3 is 6.03 Å². The fraction of sp³-hybridized carbons (Fsp3) is 0.562. The number of aryl methyl sites for hydroxylation is 1. The maximum Gasteiger partial charge on any atom is 0.319 e. The van der Waals surface area contributed by atoms with Gasteiger partial charge in [-0.2, -0.15) is 0 Å². The summed E-state index contributed by atoms with van der Waals surface area (Å²) < 4.78 is 0. The molecule has 2 amide bonds. The Bertz CT molecular complexity index is 510. The monoisotopic (exact) mass is 325 g/mol. The number of halogens is 1. The van der Waals surface area contributed by atoms with E-state index in [0.29, 0.717) is 23.2 Å². The topological polar surface area (TPSA) is 64.6 Å². The van der Waals surface area contributed by atoms with Gasteiger partial charge in [-0.3, -0.25) is 0 Å². The molecular weight excluding hydrogens is 302 g/mol. The lowest BCUT2D eigenvalue weighted by atomic mass is 9.99. The molecule has 0 spiro atoms. The molecule has 122 valence electrons. The Balaban J connectivity index is 1.71. The Morgan fingerprint density at radius 2 is 2.32 bits per heavy atom. The molecular formula is C16H24ClN3O2. The Morgan fingerprint density at radius 1 is 1.50 bits per heavy atom. The lowest BCUT2D eigenvalue weighted by Gasteiger charge is -2.31. The molecule has 0 aliphatic carbocycles. The van der Waals surface area contributed by atoms with Crippen molar-refractivity contribution in [3.63, 3.8) is 0 Å². The molecule has 5 nitrogen and oxygen atoms in total. The zero-order valence-electron chi connectivity index (χ0n) is 12.9. The number of anilines is 1. The number of urea groups is 1. The number of piperidine rings is 1. The van der Waals surface area contributed by atoms with Crippen molar-refractivity contribution in [3.8, 4) is 0 Å². The highest BCUT2D eigenvalue weighted by molar-refractivity contribution is 6.33. The third-order valence-corrected chi connectivity index (χ3v) is 4.26. The van der Waals surface area contributed by atoms with Gasteiger partial charge in [-0.05, 0) is 49.9 Å². The van der Waals surface area contributed by atoms with Crippen LogP contribution in [-0.4, -0.2) is 48.8 Å². The first kappa shape index (κ1) is 17.1. The molecule has 0 bridgehead atoms. The van der Waals surface area contributed by atoms with Gasteiger partial charge in [-0.15, -0.1) is 0 Å². The predicted molar refractivity (Wildman–Crippen MR) is 89.5 cm³/mol. The highest BCUT2D eigenvalue weighted by atomic mass is 35.5. The van der Waals surface area contributed by atoms with E-state index in [2.05, 4.69) is 15.5 Å². The molecule has 3 N–H and O–H groups in total. The van der Waals surface area contributed by atoms with Gasteiger partial charge in [0.1, 0.15) is 0 Å². The number of aliphatic hydroxyl groups is 1. The Morgan fingerprint density at radius 3 is 3.05 bits per heavy atom. The van der Waals surface area contributed by atoms with Crippen molar-refractivity contribution in [2.45, 2.75) is 19.8 Å². The fourth-order valence-electron chi connectivity index (χ4n) is 2.72. The molecule has 1 heterocycles. The molecule has 0 saturated carbocycles. The first-order valence-corrected chi connectivity index (χ1v) is 8.10. The lowest BCUT2D eigenvalue weighted by molar-refractivity contribution is 0.121. The van der Waals surface area contributed by atoms with Crippen LogP contribution < -0.4 is 10.6 Å². The van der Waals surface area contributed by atoms with Crippen LogP contribution in [0.15, 0.2) is 18.2 Å². The zero-order valence-corrected chi connectivity index (χ0v) is 13.7. The van der Waals surface area contributed by atoms with Crippen molar-refractivity contribution in [2.75, 3.05) is 38.1 Å². The zero-order chi connectivity index (χ0) is 15.9. The van der Waals surface area contributed by atoms with E-state index in [4.69, 9.17) is 11.6 Å². The summed E-state index contributed by atoms with van der Waals surface area (Å²) in [6.07, 6.45) is 2.20. The molecule has 1 aliphatic heterocycles. The van der Waals surface area contributed by atoms with Crippen molar-refractivity contribution in [1.82, 2.24) is 10.2 Å². The summed E-state index contributed by atoms with van der Waals surface area (Å²) >= 11 is 6.09. The molecule has 1 aromatic rings. The predicted octanol–water partition coefficient (Wildman–Crippen LogP) is 2.47. The smallest absolute Gasteiger partial charge is 0.319 e. The van der Waals surface area contributed by atoms with Gasteiger partial charge in [-0.1, -0.05) is 17.7 Å². The van der Waals surface area contributed by atoms with Crippen molar-refractivity contribution in [1.29, 1.82) is 0 Å². The van der Waals surface area contributed by atoms with E-state index >= 15 is 0 Å². The van der Waals surface area contributed by atoms with E-state index in [1.54, 1.807) is 6.07 Å². The van der Waals surface area contributed by atoms with Crippen LogP contribution in [0.3, 0.4) is 0 Å². The van der Waals surface area contributed by atoms with Gasteiger partial charge in [0.25, 0.3) is 0 Å². The van der Waals surface area contributed by atoms with E-state index in [1.807, 2.05) is 19.1 Å². The van der Waals surface area contributed by atoms with Gasteiger partial charge in [0.05, 0.1) is 10.7 Å². The highest BCUT2D eigenvalue weighted by Gasteiger charge is 2.18. The number of benzene rings is 1. The van der Waals surface area contributed by atoms with E-state index in [9.17, 15) is 9.90 Å². The second-order valence-corrected chi connectivity index (χ2v) is 6.26. The Hall–Kier alpha value is -1.30. The van der Waals surface area contributed by atoms with Crippen molar-refractivity contribution in [3.05, 3.63) is 28.8 Å². The second-order valence-electron chi connectivity index (χ2n) is 5.86. The van der Waals surface area contributed by atoms with Crippen LogP contribution in [-0.2, 0) is 0 Å². The molecule has 2 rings (SSSR count). The van der Waals surface area contributed by atoms with Gasteiger partial charge < -0.3 is 20.6 Å². The summed E-state index contributed by atoms with van der Waals surface area (Å²) in [7, 11) is 0. The first-order valence-electron chi connectivity index (χ1n) is 7.72. The number of amides is 2. The number of hydrogen-bond acceptors (Lipinski definition) is 3. The van der Waals surface area contributed by atoms with Crippen molar-refractivity contribution < 1.29 is 9.90 Å². The molecule has 1 aromatic carbocycles. The number of nitrogens with zero attached hydrogens (tertiary/aromatic N) is 1. The summed E-state index contributed by atoms with van der Waals surface area (Å²) in [5.41, 5.74) is 1.67. The molecule has 6 heteroatoms. The quantitative estimate of drug-likeness (QED) is 0.779. The van der Waals surface area contributed by atoms with Crippen molar-refractivity contribution >= 4 is 23.3 Å². The Labute approximate surface area is 136 Å². The summed E-state index contributed by atoms with van der Waals surface area (Å²) in [5.74, 6) is 0.369. The molecule has 0 aromatic heterocycles. The van der Waals surface area contributed by atoms with Gasteiger partial charge in [0, 0.05) is 26.2 Å². The molecule has 1 unspecified atom stereocenters. The third kappa shape index (κ3) is 5.16. The van der Waals surface area contributed by atoms with Crippen LogP contribution in [0, 0.1) is 12.8 Å². The summed E-state index contributed by atoms with van der Waals surface area (Å²) in [6.45, 7) is 5.51. The molecule has 1 saturated heterocycles. The van der Waals surface area contributed by atoms with Gasteiger partial charge in [-0.25, -0.2) is 4.79 Å². The second kappa shape index (κ2) is 8.36. The number of carbonyl (C=O) groups excluding carboxylic acids is 1. The summed E-state index contributed by atoms with van der Waals surface area (Å²) in [5, 5.41) is 15.3. The summed E-state index contributed by atoms with van der Waals surface area (Å²) in [4.78, 5) is 14.2. The Kier molecular flexibility index (Phi) is 6.49. The van der Waals surface area contributed by atoms with Crippen LogP contribution >= 0.6 is 11.6 Å². The van der Waals surface area contributed by atoms with Crippen LogP contribution in [0.5, 0.6) is 0 Å². The summed E-state index contributed by atoms with van der Waals surface area (Å²) in [6, 6.07) is 5.28. The SMILES string of the molecule is Cc1ccc(NC(=O)NCCN2CCCC(CO)C2)c(Cl)c1. The molecule has 22 heavy (non-hydrogen) atoms. The maximum absolute atomic E-state index is 11.9. The number of likely N-dealkylation sites (tertiary alicyclic amines) is 1. The van der Waals surface area contributed by atoms with E-state index in [1.165, 1.54) is 0 Å². The number of nitrogens with one attached hydrogen (secondary N) is 2. The average Bonchev–Trinajstić information content (AvgIpc) is 2.50. The maximum atomic E-state index is 11.9. The third-order valence-electron chi connectivity index (χ3n) is 3.95. The minimum absolute atomic E-state index is 0.246. The minimum atomic E-state index is -0.249.